The number of benzene rings is 1. The zero-order chi connectivity index (χ0) is 14.7. The van der Waals surface area contributed by atoms with Crippen molar-refractivity contribution in [3.8, 4) is 0 Å². The molecule has 2 N–H and O–H groups in total. The molecule has 0 aromatic heterocycles. The Morgan fingerprint density at radius 2 is 2.25 bits per heavy atom. The molecule has 5 nitrogen and oxygen atoms in total. The van der Waals surface area contributed by atoms with E-state index in [4.69, 9.17) is 0 Å². The number of aliphatic hydroxyl groups excluding tert-OH is 1. The maximum absolute atomic E-state index is 12.0. The van der Waals surface area contributed by atoms with Crippen molar-refractivity contribution in [2.75, 3.05) is 23.4 Å². The van der Waals surface area contributed by atoms with Gasteiger partial charge < -0.3 is 15.3 Å². The summed E-state index contributed by atoms with van der Waals surface area (Å²) in [7, 11) is 0. The fourth-order valence-electron chi connectivity index (χ4n) is 2.36. The van der Waals surface area contributed by atoms with Crippen LogP contribution in [0.4, 0.5) is 11.4 Å². The Kier molecular flexibility index (Phi) is 4.39. The summed E-state index contributed by atoms with van der Waals surface area (Å²) < 4.78 is 0. The van der Waals surface area contributed by atoms with Gasteiger partial charge in [-0.1, -0.05) is 13.0 Å². The molecule has 1 aliphatic heterocycles. The first kappa shape index (κ1) is 14.5. The van der Waals surface area contributed by atoms with Gasteiger partial charge in [0.15, 0.2) is 0 Å². The van der Waals surface area contributed by atoms with Crippen molar-refractivity contribution in [3.63, 3.8) is 0 Å². The number of nitrogens with one attached hydrogen (secondary N) is 1. The highest BCUT2D eigenvalue weighted by Gasteiger charge is 2.30. The van der Waals surface area contributed by atoms with Gasteiger partial charge in [-0.15, -0.1) is 0 Å². The van der Waals surface area contributed by atoms with Crippen molar-refractivity contribution in [2.45, 2.75) is 26.7 Å². The van der Waals surface area contributed by atoms with E-state index in [0.717, 1.165) is 11.3 Å². The van der Waals surface area contributed by atoms with Crippen LogP contribution in [0.15, 0.2) is 18.2 Å². The molecule has 1 heterocycles. The highest BCUT2D eigenvalue weighted by molar-refractivity contribution is 5.98. The molecule has 1 unspecified atom stereocenters. The van der Waals surface area contributed by atoms with E-state index in [1.165, 1.54) is 0 Å². The number of hydrogen-bond donors (Lipinski definition) is 2. The zero-order valence-electron chi connectivity index (χ0n) is 11.8. The summed E-state index contributed by atoms with van der Waals surface area (Å²) in [4.78, 5) is 25.1. The normalized spacial score (nSPS) is 18.4. The zero-order valence-corrected chi connectivity index (χ0v) is 11.8. The van der Waals surface area contributed by atoms with Gasteiger partial charge in [-0.05, 0) is 24.6 Å². The van der Waals surface area contributed by atoms with E-state index in [1.54, 1.807) is 11.8 Å². The van der Waals surface area contributed by atoms with Crippen LogP contribution < -0.4 is 10.2 Å². The number of hydrogen-bond acceptors (Lipinski definition) is 3. The van der Waals surface area contributed by atoms with E-state index in [1.807, 2.05) is 25.1 Å². The lowest BCUT2D eigenvalue weighted by molar-refractivity contribution is -0.117. The number of aliphatic hydroxyl groups is 1. The summed E-state index contributed by atoms with van der Waals surface area (Å²) in [5.74, 6) is -0.0392. The van der Waals surface area contributed by atoms with Crippen LogP contribution in [0.2, 0.25) is 0 Å². The first-order chi connectivity index (χ1) is 9.55. The molecule has 0 bridgehead atoms. The van der Waals surface area contributed by atoms with Crippen molar-refractivity contribution in [1.29, 1.82) is 0 Å². The van der Waals surface area contributed by atoms with Gasteiger partial charge in [0.05, 0.1) is 0 Å². The van der Waals surface area contributed by atoms with Crippen molar-refractivity contribution in [1.82, 2.24) is 0 Å². The van der Waals surface area contributed by atoms with Crippen LogP contribution in [0.25, 0.3) is 0 Å². The predicted molar refractivity (Wildman–Crippen MR) is 77.6 cm³/mol. The number of aryl methyl sites for hydroxylation is 1. The van der Waals surface area contributed by atoms with Gasteiger partial charge in [-0.25, -0.2) is 0 Å². The molecule has 1 aliphatic rings. The average Bonchev–Trinajstić information content (AvgIpc) is 2.82. The maximum Gasteiger partial charge on any atom is 0.227 e. The summed E-state index contributed by atoms with van der Waals surface area (Å²) in [6.45, 7) is 4.27. The molecule has 20 heavy (non-hydrogen) atoms. The third-order valence-electron chi connectivity index (χ3n) is 3.57. The van der Waals surface area contributed by atoms with Crippen LogP contribution in [0.5, 0.6) is 0 Å². The Hall–Kier alpha value is -1.88. The van der Waals surface area contributed by atoms with E-state index in [0.29, 0.717) is 25.1 Å². The second-order valence-electron chi connectivity index (χ2n) is 5.16. The lowest BCUT2D eigenvalue weighted by atomic mass is 10.1. The SMILES string of the molecule is CCC(=O)Nc1ccc(C)c(N2CC(CO)CC2=O)c1. The van der Waals surface area contributed by atoms with Crippen LogP contribution in [-0.2, 0) is 9.59 Å². The number of amides is 2. The average molecular weight is 276 g/mol. The predicted octanol–water partition coefficient (Wildman–Crippen LogP) is 1.69. The number of rotatable bonds is 4. The Balaban J connectivity index is 2.25. The Morgan fingerprint density at radius 3 is 2.85 bits per heavy atom. The monoisotopic (exact) mass is 276 g/mol. The highest BCUT2D eigenvalue weighted by atomic mass is 16.3. The van der Waals surface area contributed by atoms with E-state index in [9.17, 15) is 14.7 Å². The molecule has 1 saturated heterocycles. The van der Waals surface area contributed by atoms with Gasteiger partial charge in [0.25, 0.3) is 0 Å². The molecule has 1 aromatic rings. The smallest absolute Gasteiger partial charge is 0.227 e. The van der Waals surface area contributed by atoms with E-state index < -0.39 is 0 Å². The number of anilines is 2. The summed E-state index contributed by atoms with van der Waals surface area (Å²) >= 11 is 0. The quantitative estimate of drug-likeness (QED) is 0.879. The molecule has 0 radical (unpaired) electrons. The summed E-state index contributed by atoms with van der Waals surface area (Å²) in [6, 6.07) is 5.54. The lowest BCUT2D eigenvalue weighted by Crippen LogP contribution is -2.26. The van der Waals surface area contributed by atoms with Crippen molar-refractivity contribution in [2.24, 2.45) is 5.92 Å². The Labute approximate surface area is 118 Å². The largest absolute Gasteiger partial charge is 0.396 e. The second kappa shape index (κ2) is 6.05. The summed E-state index contributed by atoms with van der Waals surface area (Å²) in [5, 5.41) is 12.0. The molecule has 1 atom stereocenters. The minimum atomic E-state index is -0.0548. The van der Waals surface area contributed by atoms with E-state index >= 15 is 0 Å². The molecule has 2 amide bonds. The molecular weight excluding hydrogens is 256 g/mol. The fourth-order valence-corrected chi connectivity index (χ4v) is 2.36. The standard InChI is InChI=1S/C15H20N2O3/c1-3-14(19)16-12-5-4-10(2)13(7-12)17-8-11(9-18)6-15(17)20/h4-5,7,11,18H,3,6,8-9H2,1-2H3,(H,16,19). The molecule has 0 saturated carbocycles. The Morgan fingerprint density at radius 1 is 1.50 bits per heavy atom. The topological polar surface area (TPSA) is 69.6 Å². The van der Waals surface area contributed by atoms with Gasteiger partial charge >= 0.3 is 0 Å². The van der Waals surface area contributed by atoms with Gasteiger partial charge in [-0.3, -0.25) is 9.59 Å². The van der Waals surface area contributed by atoms with Crippen LogP contribution in [-0.4, -0.2) is 30.1 Å². The lowest BCUT2D eigenvalue weighted by Gasteiger charge is -2.20. The van der Waals surface area contributed by atoms with Crippen LogP contribution in [0.1, 0.15) is 25.3 Å². The van der Waals surface area contributed by atoms with Gasteiger partial charge in [0.2, 0.25) is 11.8 Å². The van der Waals surface area contributed by atoms with Crippen molar-refractivity contribution < 1.29 is 14.7 Å². The molecule has 1 aromatic carbocycles. The minimum Gasteiger partial charge on any atom is -0.396 e. The van der Waals surface area contributed by atoms with Crippen molar-refractivity contribution >= 4 is 23.2 Å². The Bertz CT molecular complexity index is 528. The molecular formula is C15H20N2O3. The highest BCUT2D eigenvalue weighted by Crippen LogP contribution is 2.30. The maximum atomic E-state index is 12.0. The minimum absolute atomic E-state index is 0.00390. The molecule has 0 spiro atoms. The molecule has 2 rings (SSSR count). The van der Waals surface area contributed by atoms with Crippen LogP contribution in [0, 0.1) is 12.8 Å². The number of nitrogens with zero attached hydrogens (tertiary/aromatic N) is 1. The molecule has 5 heteroatoms. The number of carbonyl (C=O) groups excluding carboxylic acids is 2. The van der Waals surface area contributed by atoms with Crippen LogP contribution >= 0.6 is 0 Å². The third kappa shape index (κ3) is 2.99. The third-order valence-corrected chi connectivity index (χ3v) is 3.57. The molecule has 108 valence electrons. The number of carbonyl (C=O) groups is 2. The van der Waals surface area contributed by atoms with Crippen molar-refractivity contribution in [3.05, 3.63) is 23.8 Å². The van der Waals surface area contributed by atoms with E-state index in [2.05, 4.69) is 5.32 Å². The summed E-state index contributed by atoms with van der Waals surface area (Å²) in [6.07, 6.45) is 0.792. The van der Waals surface area contributed by atoms with Gasteiger partial charge in [-0.2, -0.15) is 0 Å². The molecule has 1 fully saturated rings. The summed E-state index contributed by atoms with van der Waals surface area (Å²) in [5.41, 5.74) is 2.48. The van der Waals surface area contributed by atoms with Gasteiger partial charge in [0, 0.05) is 43.3 Å². The molecule has 0 aliphatic carbocycles. The first-order valence-corrected chi connectivity index (χ1v) is 6.86. The second-order valence-corrected chi connectivity index (χ2v) is 5.16. The fraction of sp³-hybridized carbons (Fsp3) is 0.467. The van der Waals surface area contributed by atoms with Crippen LogP contribution in [0.3, 0.4) is 0 Å². The van der Waals surface area contributed by atoms with Gasteiger partial charge in [0.1, 0.15) is 0 Å². The van der Waals surface area contributed by atoms with E-state index in [-0.39, 0.29) is 24.3 Å². The first-order valence-electron chi connectivity index (χ1n) is 6.86.